The Labute approximate surface area is 136 Å². The predicted molar refractivity (Wildman–Crippen MR) is 79.5 cm³/mol. The minimum Gasteiger partial charge on any atom is -0.491 e. The Hall–Kier alpha value is -2.61. The van der Waals surface area contributed by atoms with Crippen molar-refractivity contribution in [3.05, 3.63) is 59.9 Å². The summed E-state index contributed by atoms with van der Waals surface area (Å²) in [4.78, 5) is 15.5. The summed E-state index contributed by atoms with van der Waals surface area (Å²) in [5, 5.41) is 12.3. The van der Waals surface area contributed by atoms with Crippen LogP contribution in [0.2, 0.25) is 0 Å². The van der Waals surface area contributed by atoms with Gasteiger partial charge in [0, 0.05) is 24.5 Å². The first-order valence-electron chi connectivity index (χ1n) is 7.02. The summed E-state index contributed by atoms with van der Waals surface area (Å²) in [6.07, 6.45) is -2.47. The molecule has 1 heterocycles. The van der Waals surface area contributed by atoms with Crippen molar-refractivity contribution in [1.29, 1.82) is 0 Å². The molecule has 2 rings (SSSR count). The standard InChI is InChI=1S/C16H15F3N2O3/c17-16(18,19)12-1-3-14(4-2-12)24-10-13(22)9-21-15(23)11-5-7-20-8-6-11/h1-8,13,22H,9-10H2,(H,21,23). The number of ether oxygens (including phenoxy) is 1. The van der Waals surface area contributed by atoms with Gasteiger partial charge in [-0.1, -0.05) is 0 Å². The van der Waals surface area contributed by atoms with Crippen LogP contribution in [0.15, 0.2) is 48.8 Å². The van der Waals surface area contributed by atoms with Crippen LogP contribution in [0.25, 0.3) is 0 Å². The second-order valence-corrected chi connectivity index (χ2v) is 4.93. The third-order valence-electron chi connectivity index (χ3n) is 3.06. The third-order valence-corrected chi connectivity index (χ3v) is 3.06. The molecule has 0 radical (unpaired) electrons. The molecule has 0 saturated carbocycles. The molecule has 1 unspecified atom stereocenters. The summed E-state index contributed by atoms with van der Waals surface area (Å²) < 4.78 is 42.5. The van der Waals surface area contributed by atoms with E-state index in [0.717, 1.165) is 12.1 Å². The van der Waals surface area contributed by atoms with Gasteiger partial charge in [-0.15, -0.1) is 0 Å². The van der Waals surface area contributed by atoms with Crippen molar-refractivity contribution < 1.29 is 27.8 Å². The van der Waals surface area contributed by atoms with Crippen LogP contribution in [-0.4, -0.2) is 35.3 Å². The first kappa shape index (κ1) is 17.7. The third kappa shape index (κ3) is 5.24. The van der Waals surface area contributed by atoms with Crippen LogP contribution in [0, 0.1) is 0 Å². The van der Waals surface area contributed by atoms with Crippen LogP contribution in [0.4, 0.5) is 13.2 Å². The average Bonchev–Trinajstić information content (AvgIpc) is 2.58. The van der Waals surface area contributed by atoms with E-state index in [9.17, 15) is 23.1 Å². The molecule has 0 aliphatic carbocycles. The lowest BCUT2D eigenvalue weighted by atomic mass is 10.2. The Kier molecular flexibility index (Phi) is 5.75. The fourth-order valence-corrected chi connectivity index (χ4v) is 1.81. The molecule has 24 heavy (non-hydrogen) atoms. The van der Waals surface area contributed by atoms with Gasteiger partial charge in [0.25, 0.3) is 5.91 Å². The van der Waals surface area contributed by atoms with Crippen LogP contribution < -0.4 is 10.1 Å². The number of benzene rings is 1. The van der Waals surface area contributed by atoms with Crippen LogP contribution in [-0.2, 0) is 6.18 Å². The van der Waals surface area contributed by atoms with Crippen molar-refractivity contribution in [2.24, 2.45) is 0 Å². The number of carbonyl (C=O) groups excluding carboxylic acids is 1. The number of halogens is 3. The van der Waals surface area contributed by atoms with Gasteiger partial charge in [0.15, 0.2) is 0 Å². The molecule has 2 aromatic rings. The van der Waals surface area contributed by atoms with E-state index >= 15 is 0 Å². The highest BCUT2D eigenvalue weighted by atomic mass is 19.4. The number of carbonyl (C=O) groups is 1. The lowest BCUT2D eigenvalue weighted by Crippen LogP contribution is -2.35. The fraction of sp³-hybridized carbons (Fsp3) is 0.250. The van der Waals surface area contributed by atoms with Crippen LogP contribution in [0.3, 0.4) is 0 Å². The van der Waals surface area contributed by atoms with Crippen molar-refractivity contribution >= 4 is 5.91 Å². The van der Waals surface area contributed by atoms with Gasteiger partial charge in [0.1, 0.15) is 18.5 Å². The lowest BCUT2D eigenvalue weighted by molar-refractivity contribution is -0.137. The van der Waals surface area contributed by atoms with Gasteiger partial charge >= 0.3 is 6.18 Å². The molecule has 0 aliphatic heterocycles. The molecule has 1 atom stereocenters. The maximum absolute atomic E-state index is 12.4. The SMILES string of the molecule is O=C(NCC(O)COc1ccc(C(F)(F)F)cc1)c1ccncc1. The zero-order chi connectivity index (χ0) is 17.6. The molecular weight excluding hydrogens is 325 g/mol. The lowest BCUT2D eigenvalue weighted by Gasteiger charge is -2.14. The number of hydrogen-bond donors (Lipinski definition) is 2. The summed E-state index contributed by atoms with van der Waals surface area (Å²) in [6.45, 7) is -0.218. The van der Waals surface area contributed by atoms with Crippen LogP contribution >= 0.6 is 0 Å². The number of pyridine rings is 1. The van der Waals surface area contributed by atoms with Gasteiger partial charge < -0.3 is 15.2 Å². The van der Waals surface area contributed by atoms with Crippen molar-refractivity contribution in [2.75, 3.05) is 13.2 Å². The maximum atomic E-state index is 12.4. The predicted octanol–water partition coefficient (Wildman–Crippen LogP) is 2.27. The highest BCUT2D eigenvalue weighted by Crippen LogP contribution is 2.30. The number of amides is 1. The number of aliphatic hydroxyl groups excluding tert-OH is 1. The Morgan fingerprint density at radius 2 is 1.79 bits per heavy atom. The van der Waals surface area contributed by atoms with Gasteiger partial charge in [-0.05, 0) is 36.4 Å². The molecule has 0 aliphatic rings. The zero-order valence-electron chi connectivity index (χ0n) is 12.5. The molecule has 0 saturated heterocycles. The van der Waals surface area contributed by atoms with Crippen molar-refractivity contribution in [1.82, 2.24) is 10.3 Å². The normalized spacial score (nSPS) is 12.5. The Morgan fingerprint density at radius 3 is 2.38 bits per heavy atom. The van der Waals surface area contributed by atoms with Crippen LogP contribution in [0.5, 0.6) is 5.75 Å². The van der Waals surface area contributed by atoms with E-state index < -0.39 is 17.8 Å². The molecule has 8 heteroatoms. The van der Waals surface area contributed by atoms with E-state index in [4.69, 9.17) is 4.74 Å². The molecule has 0 bridgehead atoms. The molecule has 1 aromatic heterocycles. The molecule has 0 spiro atoms. The van der Waals surface area contributed by atoms with Crippen molar-refractivity contribution in [3.8, 4) is 5.75 Å². The first-order chi connectivity index (χ1) is 11.4. The Bertz CT molecular complexity index is 661. The zero-order valence-corrected chi connectivity index (χ0v) is 12.5. The molecule has 0 fully saturated rings. The van der Waals surface area contributed by atoms with Gasteiger partial charge in [0.05, 0.1) is 5.56 Å². The van der Waals surface area contributed by atoms with E-state index in [0.29, 0.717) is 5.56 Å². The molecular formula is C16H15F3N2O3. The quantitative estimate of drug-likeness (QED) is 0.846. The van der Waals surface area contributed by atoms with E-state index in [1.165, 1.54) is 36.7 Å². The molecule has 1 aromatic carbocycles. The highest BCUT2D eigenvalue weighted by molar-refractivity contribution is 5.93. The average molecular weight is 340 g/mol. The summed E-state index contributed by atoms with van der Waals surface area (Å²) in [5.74, 6) is -0.173. The number of aromatic nitrogens is 1. The number of rotatable bonds is 6. The van der Waals surface area contributed by atoms with Gasteiger partial charge in [0.2, 0.25) is 0 Å². The van der Waals surface area contributed by atoms with E-state index in [2.05, 4.69) is 10.3 Å². The summed E-state index contributed by atoms with van der Waals surface area (Å²) >= 11 is 0. The molecule has 1 amide bonds. The van der Waals surface area contributed by atoms with Gasteiger partial charge in [-0.3, -0.25) is 9.78 Å². The van der Waals surface area contributed by atoms with E-state index in [1.807, 2.05) is 0 Å². The fourth-order valence-electron chi connectivity index (χ4n) is 1.81. The number of aliphatic hydroxyl groups is 1. The highest BCUT2D eigenvalue weighted by Gasteiger charge is 2.30. The van der Waals surface area contributed by atoms with E-state index in [-0.39, 0.29) is 24.8 Å². The topological polar surface area (TPSA) is 71.5 Å². The smallest absolute Gasteiger partial charge is 0.416 e. The maximum Gasteiger partial charge on any atom is 0.416 e. The summed E-state index contributed by atoms with van der Waals surface area (Å²) in [7, 11) is 0. The van der Waals surface area contributed by atoms with Crippen LogP contribution in [0.1, 0.15) is 15.9 Å². The number of alkyl halides is 3. The van der Waals surface area contributed by atoms with Gasteiger partial charge in [-0.25, -0.2) is 0 Å². The number of nitrogens with zero attached hydrogens (tertiary/aromatic N) is 1. The molecule has 2 N–H and O–H groups in total. The Balaban J connectivity index is 1.77. The second kappa shape index (κ2) is 7.78. The number of hydrogen-bond acceptors (Lipinski definition) is 4. The summed E-state index contributed by atoms with van der Waals surface area (Å²) in [5.41, 5.74) is -0.374. The largest absolute Gasteiger partial charge is 0.491 e. The molecule has 128 valence electrons. The number of nitrogens with one attached hydrogen (secondary N) is 1. The van der Waals surface area contributed by atoms with Crippen molar-refractivity contribution in [2.45, 2.75) is 12.3 Å². The second-order valence-electron chi connectivity index (χ2n) is 4.93. The van der Waals surface area contributed by atoms with Gasteiger partial charge in [-0.2, -0.15) is 13.2 Å². The minimum absolute atomic E-state index is 0.0538. The monoisotopic (exact) mass is 340 g/mol. The minimum atomic E-state index is -4.41. The van der Waals surface area contributed by atoms with Crippen molar-refractivity contribution in [3.63, 3.8) is 0 Å². The first-order valence-corrected chi connectivity index (χ1v) is 7.02. The van der Waals surface area contributed by atoms with E-state index in [1.54, 1.807) is 0 Å². The molecule has 5 nitrogen and oxygen atoms in total. The summed E-state index contributed by atoms with van der Waals surface area (Å²) in [6, 6.07) is 7.19. The Morgan fingerprint density at radius 1 is 1.17 bits per heavy atom.